The minimum atomic E-state index is -0.794. The molecule has 0 aromatic rings. The number of hydrogen-bond acceptors (Lipinski definition) is 1. The Morgan fingerprint density at radius 2 is 1.75 bits per heavy atom. The Kier molecular flexibility index (Phi) is 6.30. The molecular formula is C13H31NSi2. The van der Waals surface area contributed by atoms with Gasteiger partial charge in [0.15, 0.2) is 0 Å². The molecule has 0 spiro atoms. The molecule has 0 aliphatic heterocycles. The van der Waals surface area contributed by atoms with Gasteiger partial charge in [-0.2, -0.15) is 0 Å². The van der Waals surface area contributed by atoms with Gasteiger partial charge in [-0.05, 0) is 31.3 Å². The fourth-order valence-electron chi connectivity index (χ4n) is 2.51. The molecule has 96 valence electrons. The highest BCUT2D eigenvalue weighted by atomic mass is 28.3. The van der Waals surface area contributed by atoms with E-state index in [1.807, 2.05) is 0 Å². The average molecular weight is 258 g/mol. The number of hydrogen-bond donors (Lipinski definition) is 1. The monoisotopic (exact) mass is 257 g/mol. The summed E-state index contributed by atoms with van der Waals surface area (Å²) in [4.78, 5) is 3.89. The Balaban J connectivity index is 2.07. The third-order valence-corrected chi connectivity index (χ3v) is 8.26. The maximum Gasteiger partial charge on any atom is 0.105 e. The zero-order chi connectivity index (χ0) is 12.0. The highest BCUT2D eigenvalue weighted by molar-refractivity contribution is 6.77. The van der Waals surface area contributed by atoms with Gasteiger partial charge in [0.25, 0.3) is 0 Å². The Hall–Kier alpha value is 0.394. The first-order chi connectivity index (χ1) is 7.47. The molecule has 1 aliphatic carbocycles. The molecule has 0 heterocycles. The second kappa shape index (κ2) is 6.97. The van der Waals surface area contributed by atoms with Gasteiger partial charge in [0.2, 0.25) is 0 Å². The molecule has 0 saturated heterocycles. The Bertz CT molecular complexity index is 183. The van der Waals surface area contributed by atoms with E-state index in [4.69, 9.17) is 0 Å². The van der Waals surface area contributed by atoms with Crippen molar-refractivity contribution in [2.24, 2.45) is 5.92 Å². The number of nitrogens with one attached hydrogen (secondary N) is 1. The fourth-order valence-corrected chi connectivity index (χ4v) is 8.65. The van der Waals surface area contributed by atoms with E-state index >= 15 is 0 Å². The summed E-state index contributed by atoms with van der Waals surface area (Å²) in [6.45, 7) is 11.3. The van der Waals surface area contributed by atoms with Crippen LogP contribution in [0.5, 0.6) is 0 Å². The van der Waals surface area contributed by atoms with Crippen molar-refractivity contribution in [3.8, 4) is 0 Å². The van der Waals surface area contributed by atoms with Gasteiger partial charge in [0.05, 0.1) is 0 Å². The largest absolute Gasteiger partial charge is 0.339 e. The molecule has 3 heteroatoms. The van der Waals surface area contributed by atoms with Crippen LogP contribution >= 0.6 is 0 Å². The summed E-state index contributed by atoms with van der Waals surface area (Å²) in [5.41, 5.74) is 0. The summed E-state index contributed by atoms with van der Waals surface area (Å²) in [6, 6.07) is 3.04. The lowest BCUT2D eigenvalue weighted by atomic mass is 9.90. The zero-order valence-electron chi connectivity index (χ0n) is 11.8. The molecule has 0 amide bonds. The van der Waals surface area contributed by atoms with Crippen molar-refractivity contribution in [1.82, 2.24) is 4.98 Å². The molecule has 1 unspecified atom stereocenters. The molecule has 16 heavy (non-hydrogen) atoms. The van der Waals surface area contributed by atoms with Gasteiger partial charge in [-0.3, -0.25) is 0 Å². The predicted molar refractivity (Wildman–Crippen MR) is 80.6 cm³/mol. The maximum absolute atomic E-state index is 3.89. The van der Waals surface area contributed by atoms with Crippen LogP contribution in [0, 0.1) is 5.92 Å². The van der Waals surface area contributed by atoms with E-state index in [9.17, 15) is 0 Å². The SMILES string of the molecule is C[SiH](CC[Si](C)(C)C)NCC1CCCCC1. The highest BCUT2D eigenvalue weighted by Crippen LogP contribution is 2.23. The second-order valence-corrected chi connectivity index (χ2v) is 15.3. The van der Waals surface area contributed by atoms with Crippen LogP contribution in [0.1, 0.15) is 32.1 Å². The molecule has 0 radical (unpaired) electrons. The third-order valence-electron chi connectivity index (χ3n) is 3.81. The summed E-state index contributed by atoms with van der Waals surface area (Å²) in [7, 11) is -1.38. The van der Waals surface area contributed by atoms with Crippen LogP contribution in [0.4, 0.5) is 0 Å². The second-order valence-electron chi connectivity index (χ2n) is 6.91. The van der Waals surface area contributed by atoms with Gasteiger partial charge >= 0.3 is 0 Å². The first kappa shape index (κ1) is 14.5. The standard InChI is InChI=1S/C13H31NSi2/c1-15(10-11-16(2,3)4)14-12-13-8-6-5-7-9-13/h13-15H,5-12H2,1-4H3. The van der Waals surface area contributed by atoms with Gasteiger partial charge in [0, 0.05) is 8.07 Å². The van der Waals surface area contributed by atoms with Crippen LogP contribution in [0.25, 0.3) is 0 Å². The lowest BCUT2D eigenvalue weighted by Crippen LogP contribution is -2.36. The topological polar surface area (TPSA) is 12.0 Å². The van der Waals surface area contributed by atoms with Crippen LogP contribution in [0.3, 0.4) is 0 Å². The van der Waals surface area contributed by atoms with Crippen LogP contribution in [-0.2, 0) is 0 Å². The average Bonchev–Trinajstić information content (AvgIpc) is 2.24. The first-order valence-electron chi connectivity index (χ1n) is 7.21. The summed E-state index contributed by atoms with van der Waals surface area (Å²) in [5.74, 6) is 1.01. The highest BCUT2D eigenvalue weighted by Gasteiger charge is 2.17. The van der Waals surface area contributed by atoms with Gasteiger partial charge in [0.1, 0.15) is 8.96 Å². The fraction of sp³-hybridized carbons (Fsp3) is 1.00. The smallest absolute Gasteiger partial charge is 0.105 e. The maximum atomic E-state index is 3.89. The normalized spacial score (nSPS) is 21.0. The van der Waals surface area contributed by atoms with E-state index < -0.39 is 17.0 Å². The predicted octanol–water partition coefficient (Wildman–Crippen LogP) is 3.85. The van der Waals surface area contributed by atoms with E-state index in [0.29, 0.717) is 0 Å². The molecule has 0 bridgehead atoms. The summed E-state index contributed by atoms with van der Waals surface area (Å²) in [5, 5.41) is 0. The quantitative estimate of drug-likeness (QED) is 0.713. The molecule has 1 nitrogen and oxygen atoms in total. The molecule has 1 fully saturated rings. The van der Waals surface area contributed by atoms with Crippen LogP contribution < -0.4 is 4.98 Å². The Labute approximate surface area is 105 Å². The van der Waals surface area contributed by atoms with E-state index in [2.05, 4.69) is 31.2 Å². The molecular weight excluding hydrogens is 226 g/mol. The Morgan fingerprint density at radius 1 is 1.12 bits per heavy atom. The van der Waals surface area contributed by atoms with E-state index in [1.54, 1.807) is 0 Å². The molecule has 1 N–H and O–H groups in total. The lowest BCUT2D eigenvalue weighted by Gasteiger charge is -2.24. The van der Waals surface area contributed by atoms with Gasteiger partial charge in [-0.15, -0.1) is 0 Å². The third kappa shape index (κ3) is 6.87. The first-order valence-corrected chi connectivity index (χ1v) is 13.5. The van der Waals surface area contributed by atoms with Gasteiger partial charge in [-0.1, -0.05) is 51.5 Å². The molecule has 0 aromatic heterocycles. The van der Waals surface area contributed by atoms with Gasteiger partial charge in [-0.25, -0.2) is 0 Å². The lowest BCUT2D eigenvalue weighted by molar-refractivity contribution is 0.358. The molecule has 0 aromatic carbocycles. The van der Waals surface area contributed by atoms with Crippen molar-refractivity contribution in [2.45, 2.75) is 70.4 Å². The molecule has 1 atom stereocenters. The molecule has 1 rings (SSSR count). The van der Waals surface area contributed by atoms with Crippen molar-refractivity contribution in [3.63, 3.8) is 0 Å². The van der Waals surface area contributed by atoms with Crippen molar-refractivity contribution in [3.05, 3.63) is 0 Å². The van der Waals surface area contributed by atoms with Crippen molar-refractivity contribution < 1.29 is 0 Å². The number of rotatable bonds is 6. The summed E-state index contributed by atoms with van der Waals surface area (Å²) >= 11 is 0. The summed E-state index contributed by atoms with van der Waals surface area (Å²) in [6.07, 6.45) is 7.43. The van der Waals surface area contributed by atoms with E-state index in [1.165, 1.54) is 50.7 Å². The van der Waals surface area contributed by atoms with Crippen LogP contribution in [0.2, 0.25) is 38.3 Å². The van der Waals surface area contributed by atoms with Crippen molar-refractivity contribution >= 4 is 17.0 Å². The molecule has 1 aliphatic rings. The zero-order valence-corrected chi connectivity index (χ0v) is 14.0. The van der Waals surface area contributed by atoms with E-state index in [0.717, 1.165) is 5.92 Å². The van der Waals surface area contributed by atoms with Crippen LogP contribution in [0.15, 0.2) is 0 Å². The van der Waals surface area contributed by atoms with Crippen LogP contribution in [-0.4, -0.2) is 23.6 Å². The van der Waals surface area contributed by atoms with Crippen molar-refractivity contribution in [2.75, 3.05) is 6.54 Å². The molecule has 1 saturated carbocycles. The Morgan fingerprint density at radius 3 is 2.31 bits per heavy atom. The van der Waals surface area contributed by atoms with Gasteiger partial charge < -0.3 is 4.98 Å². The minimum Gasteiger partial charge on any atom is -0.339 e. The van der Waals surface area contributed by atoms with E-state index in [-0.39, 0.29) is 0 Å². The summed E-state index contributed by atoms with van der Waals surface area (Å²) < 4.78 is 0. The minimum absolute atomic E-state index is 0.588. The van der Waals surface area contributed by atoms with Crippen molar-refractivity contribution in [1.29, 1.82) is 0 Å².